The molecule has 0 saturated carbocycles. The van der Waals surface area contributed by atoms with E-state index in [0.29, 0.717) is 5.69 Å². The van der Waals surface area contributed by atoms with E-state index in [9.17, 15) is 4.79 Å². The average Bonchev–Trinajstić information content (AvgIpc) is 3.34. The fraction of sp³-hybridized carbons (Fsp3) is 0.316. The van der Waals surface area contributed by atoms with Crippen LogP contribution in [0.1, 0.15) is 25.0 Å². The molecular weight excluding hydrogens is 328 g/mol. The van der Waals surface area contributed by atoms with E-state index >= 15 is 0 Å². The number of carbonyl (C=O) groups excluding carboxylic acids is 1. The van der Waals surface area contributed by atoms with Gasteiger partial charge in [-0.3, -0.25) is 10.2 Å². The van der Waals surface area contributed by atoms with Gasteiger partial charge in [0.1, 0.15) is 0 Å². The molecule has 0 aliphatic carbocycles. The van der Waals surface area contributed by atoms with Gasteiger partial charge in [-0.2, -0.15) is 10.2 Å². The molecule has 2 aromatic heterocycles. The highest BCUT2D eigenvalue weighted by molar-refractivity contribution is 5.88. The van der Waals surface area contributed by atoms with Crippen LogP contribution >= 0.6 is 0 Å². The summed E-state index contributed by atoms with van der Waals surface area (Å²) in [6.07, 6.45) is 7.29. The number of rotatable bonds is 8. The number of hydrogen-bond donors (Lipinski definition) is 3. The number of nitrogens with one attached hydrogen (secondary N) is 3. The molecule has 0 aliphatic rings. The van der Waals surface area contributed by atoms with E-state index in [-0.39, 0.29) is 6.03 Å². The quantitative estimate of drug-likeness (QED) is 0.540. The fourth-order valence-electron chi connectivity index (χ4n) is 2.73. The molecule has 0 saturated heterocycles. The SMILES string of the molecule is CN(CCCCCc1cc(-c2ccccc2)n[nH]1)C(=O)Nc1cn[nH]c1. The first-order chi connectivity index (χ1) is 12.7. The Morgan fingerprint density at radius 2 is 2.04 bits per heavy atom. The summed E-state index contributed by atoms with van der Waals surface area (Å²) < 4.78 is 0. The van der Waals surface area contributed by atoms with Crippen LogP contribution in [0.3, 0.4) is 0 Å². The molecule has 7 heteroatoms. The number of carbonyl (C=O) groups is 1. The van der Waals surface area contributed by atoms with Crippen LogP contribution in [0.2, 0.25) is 0 Å². The Bertz CT molecular complexity index is 797. The van der Waals surface area contributed by atoms with Crippen LogP contribution in [0.25, 0.3) is 11.3 Å². The summed E-state index contributed by atoms with van der Waals surface area (Å²) >= 11 is 0. The van der Waals surface area contributed by atoms with Crippen molar-refractivity contribution in [2.24, 2.45) is 0 Å². The molecule has 0 fully saturated rings. The van der Waals surface area contributed by atoms with Gasteiger partial charge in [0.2, 0.25) is 0 Å². The van der Waals surface area contributed by atoms with Crippen molar-refractivity contribution in [1.29, 1.82) is 0 Å². The Labute approximate surface area is 152 Å². The number of amides is 2. The van der Waals surface area contributed by atoms with Gasteiger partial charge in [-0.15, -0.1) is 0 Å². The van der Waals surface area contributed by atoms with Crippen LogP contribution in [-0.4, -0.2) is 44.9 Å². The highest BCUT2D eigenvalue weighted by Gasteiger charge is 2.09. The molecule has 3 aromatic rings. The van der Waals surface area contributed by atoms with E-state index in [1.165, 1.54) is 0 Å². The molecule has 0 unspecified atom stereocenters. The smallest absolute Gasteiger partial charge is 0.321 e. The minimum atomic E-state index is -0.118. The maximum atomic E-state index is 12.0. The summed E-state index contributed by atoms with van der Waals surface area (Å²) in [7, 11) is 1.80. The Hall–Kier alpha value is -3.09. The number of anilines is 1. The molecule has 0 radical (unpaired) electrons. The van der Waals surface area contributed by atoms with Gasteiger partial charge in [0.05, 0.1) is 17.6 Å². The number of urea groups is 1. The van der Waals surface area contributed by atoms with Crippen LogP contribution in [0.15, 0.2) is 48.8 Å². The Morgan fingerprint density at radius 1 is 1.19 bits per heavy atom. The van der Waals surface area contributed by atoms with Gasteiger partial charge in [0.25, 0.3) is 0 Å². The second-order valence-corrected chi connectivity index (χ2v) is 6.29. The van der Waals surface area contributed by atoms with Crippen molar-refractivity contribution in [2.45, 2.75) is 25.7 Å². The van der Waals surface area contributed by atoms with E-state index in [1.807, 2.05) is 18.2 Å². The zero-order valence-corrected chi connectivity index (χ0v) is 14.9. The van der Waals surface area contributed by atoms with E-state index in [1.54, 1.807) is 24.3 Å². The van der Waals surface area contributed by atoms with Gasteiger partial charge in [0.15, 0.2) is 0 Å². The highest BCUT2D eigenvalue weighted by Crippen LogP contribution is 2.18. The largest absolute Gasteiger partial charge is 0.328 e. The Kier molecular flexibility index (Phi) is 6.03. The van der Waals surface area contributed by atoms with Crippen molar-refractivity contribution in [2.75, 3.05) is 18.9 Å². The van der Waals surface area contributed by atoms with Crippen LogP contribution in [0.5, 0.6) is 0 Å². The molecule has 2 heterocycles. The highest BCUT2D eigenvalue weighted by atomic mass is 16.2. The summed E-state index contributed by atoms with van der Waals surface area (Å²) in [6.45, 7) is 0.724. The third kappa shape index (κ3) is 4.95. The second kappa shape index (κ2) is 8.84. The normalized spacial score (nSPS) is 10.7. The first-order valence-corrected chi connectivity index (χ1v) is 8.83. The number of H-pyrrole nitrogens is 2. The predicted octanol–water partition coefficient (Wildman–Crippen LogP) is 3.68. The number of aromatic nitrogens is 4. The molecule has 1 aromatic carbocycles. The minimum absolute atomic E-state index is 0.118. The molecule has 7 nitrogen and oxygen atoms in total. The molecule has 0 atom stereocenters. The van der Waals surface area contributed by atoms with Crippen LogP contribution in [-0.2, 0) is 6.42 Å². The number of benzene rings is 1. The zero-order chi connectivity index (χ0) is 18.2. The van der Waals surface area contributed by atoms with E-state index in [0.717, 1.165) is 49.2 Å². The Morgan fingerprint density at radius 3 is 2.81 bits per heavy atom. The summed E-state index contributed by atoms with van der Waals surface area (Å²) in [4.78, 5) is 13.7. The number of aromatic amines is 2. The van der Waals surface area contributed by atoms with E-state index in [2.05, 4.69) is 43.9 Å². The molecule has 0 aliphatic heterocycles. The van der Waals surface area contributed by atoms with Crippen molar-refractivity contribution in [3.05, 3.63) is 54.5 Å². The topological polar surface area (TPSA) is 89.7 Å². The van der Waals surface area contributed by atoms with Gasteiger partial charge in [-0.25, -0.2) is 4.79 Å². The van der Waals surface area contributed by atoms with E-state index in [4.69, 9.17) is 0 Å². The molecule has 0 spiro atoms. The van der Waals surface area contributed by atoms with Crippen molar-refractivity contribution in [3.63, 3.8) is 0 Å². The van der Waals surface area contributed by atoms with Crippen LogP contribution in [0, 0.1) is 0 Å². The van der Waals surface area contributed by atoms with Crippen LogP contribution in [0.4, 0.5) is 10.5 Å². The maximum Gasteiger partial charge on any atom is 0.321 e. The summed E-state index contributed by atoms with van der Waals surface area (Å²) in [5.41, 5.74) is 3.93. The lowest BCUT2D eigenvalue weighted by Crippen LogP contribution is -2.32. The fourth-order valence-corrected chi connectivity index (χ4v) is 2.73. The maximum absolute atomic E-state index is 12.0. The number of nitrogens with zero attached hydrogens (tertiary/aromatic N) is 3. The lowest BCUT2D eigenvalue weighted by Gasteiger charge is -2.17. The second-order valence-electron chi connectivity index (χ2n) is 6.29. The molecule has 2 amide bonds. The predicted molar refractivity (Wildman–Crippen MR) is 102 cm³/mol. The average molecular weight is 352 g/mol. The summed E-state index contributed by atoms with van der Waals surface area (Å²) in [5.74, 6) is 0. The standard InChI is InChI=1S/C19H24N6O/c1-25(19(26)22-17-13-20-21-14-17)11-7-3-6-10-16-12-18(24-23-16)15-8-4-2-5-9-15/h2,4-5,8-9,12-14H,3,6-7,10-11H2,1H3,(H,20,21)(H,22,26)(H,23,24). The van der Waals surface area contributed by atoms with Crippen molar-refractivity contribution in [3.8, 4) is 11.3 Å². The lowest BCUT2D eigenvalue weighted by molar-refractivity contribution is 0.221. The van der Waals surface area contributed by atoms with Gasteiger partial charge in [0, 0.05) is 31.0 Å². The summed E-state index contributed by atoms with van der Waals surface area (Å²) in [5, 5.41) is 16.8. The lowest BCUT2D eigenvalue weighted by atomic mass is 10.1. The molecule has 3 N–H and O–H groups in total. The summed E-state index contributed by atoms with van der Waals surface area (Å²) in [6, 6.07) is 12.1. The molecule has 3 rings (SSSR count). The zero-order valence-electron chi connectivity index (χ0n) is 14.9. The minimum Gasteiger partial charge on any atom is -0.328 e. The third-order valence-corrected chi connectivity index (χ3v) is 4.24. The first kappa shape index (κ1) is 17.7. The first-order valence-electron chi connectivity index (χ1n) is 8.83. The number of aryl methyl sites for hydroxylation is 1. The van der Waals surface area contributed by atoms with Crippen LogP contribution < -0.4 is 5.32 Å². The third-order valence-electron chi connectivity index (χ3n) is 4.24. The van der Waals surface area contributed by atoms with Gasteiger partial charge < -0.3 is 10.2 Å². The van der Waals surface area contributed by atoms with Gasteiger partial charge >= 0.3 is 6.03 Å². The number of hydrogen-bond acceptors (Lipinski definition) is 3. The van der Waals surface area contributed by atoms with Gasteiger partial charge in [-0.05, 0) is 25.3 Å². The molecular formula is C19H24N6O. The van der Waals surface area contributed by atoms with Crippen molar-refractivity contribution >= 4 is 11.7 Å². The number of unbranched alkanes of at least 4 members (excludes halogenated alkanes) is 2. The molecule has 136 valence electrons. The van der Waals surface area contributed by atoms with Crippen molar-refractivity contribution < 1.29 is 4.79 Å². The Balaban J connectivity index is 1.34. The van der Waals surface area contributed by atoms with Gasteiger partial charge in [-0.1, -0.05) is 36.8 Å². The monoisotopic (exact) mass is 352 g/mol. The van der Waals surface area contributed by atoms with Crippen molar-refractivity contribution in [1.82, 2.24) is 25.3 Å². The van der Waals surface area contributed by atoms with E-state index < -0.39 is 0 Å². The molecule has 0 bridgehead atoms. The molecule has 26 heavy (non-hydrogen) atoms.